The maximum atomic E-state index is 14.7. The Hall–Kier alpha value is -6.57. The van der Waals surface area contributed by atoms with E-state index in [4.69, 9.17) is 80.5 Å². The summed E-state index contributed by atoms with van der Waals surface area (Å²) in [6.07, 6.45) is -24.5. The number of carboxylic acid groups (broad SMARTS) is 1. The maximum absolute atomic E-state index is 14.7. The summed E-state index contributed by atoms with van der Waals surface area (Å²) in [7, 11) is 2.71. The van der Waals surface area contributed by atoms with Crippen LogP contribution in [0.25, 0.3) is 0 Å². The Kier molecular flexibility index (Phi) is 30.6. The van der Waals surface area contributed by atoms with Crippen LogP contribution in [0.4, 0.5) is 0 Å². The number of carbonyl (C=O) groups excluding carboxylic acids is 6. The van der Waals surface area contributed by atoms with E-state index in [-0.39, 0.29) is 46.2 Å². The molecule has 95 heavy (non-hydrogen) atoms. The van der Waals surface area contributed by atoms with Crippen LogP contribution in [0.5, 0.6) is 0 Å². The summed E-state index contributed by atoms with van der Waals surface area (Å²) >= 11 is 0. The highest BCUT2D eigenvalue weighted by Gasteiger charge is 2.58. The van der Waals surface area contributed by atoms with Gasteiger partial charge in [-0.1, -0.05) is 91.1 Å². The number of carboxylic acids is 1. The molecular formula is C68H96O27. The lowest BCUT2D eigenvalue weighted by Gasteiger charge is -2.51. The maximum Gasteiger partial charge on any atom is 0.339 e. The van der Waals surface area contributed by atoms with Gasteiger partial charge in [0, 0.05) is 46.8 Å². The molecule has 0 spiro atoms. The molecule has 0 saturated carbocycles. The zero-order chi connectivity index (χ0) is 68.0. The highest BCUT2D eigenvalue weighted by atomic mass is 16.8. The number of aromatic carboxylic acids is 1. The summed E-state index contributed by atoms with van der Waals surface area (Å²) < 4.78 is 105. The number of hydrogen-bond acceptors (Lipinski definition) is 26. The third-order valence-electron chi connectivity index (χ3n) is 16.8. The van der Waals surface area contributed by atoms with Gasteiger partial charge in [0.25, 0.3) is 0 Å². The molecule has 22 unspecified atom stereocenters. The zero-order valence-corrected chi connectivity index (χ0v) is 54.5. The summed E-state index contributed by atoms with van der Waals surface area (Å²) in [4.78, 5) is 92.4. The van der Waals surface area contributed by atoms with E-state index in [2.05, 4.69) is 0 Å². The number of aliphatic hydroxyl groups excluding tert-OH is 2. The van der Waals surface area contributed by atoms with Crippen LogP contribution in [0.3, 0.4) is 0 Å². The second-order valence-electron chi connectivity index (χ2n) is 23.9. The Morgan fingerprint density at radius 2 is 0.979 bits per heavy atom. The average Bonchev–Trinajstić information content (AvgIpc) is 0.766. The van der Waals surface area contributed by atoms with Crippen LogP contribution in [0.1, 0.15) is 130 Å². The summed E-state index contributed by atoms with van der Waals surface area (Å²) in [5.74, 6) is -8.98. The van der Waals surface area contributed by atoms with Gasteiger partial charge in [-0.2, -0.15) is 0 Å². The molecule has 530 valence electrons. The Morgan fingerprint density at radius 3 is 1.57 bits per heavy atom. The summed E-state index contributed by atoms with van der Waals surface area (Å²) in [5.41, 5.74) is 1.19. The molecule has 3 N–H and O–H groups in total. The van der Waals surface area contributed by atoms with Crippen molar-refractivity contribution in [1.29, 1.82) is 0 Å². The fourth-order valence-corrected chi connectivity index (χ4v) is 11.6. The minimum atomic E-state index is -1.88. The number of rotatable bonds is 28. The van der Waals surface area contributed by atoms with Crippen molar-refractivity contribution in [1.82, 2.24) is 0 Å². The fraction of sp³-hybridized carbons (Fsp3) is 0.632. The van der Waals surface area contributed by atoms with Gasteiger partial charge in [-0.05, 0) is 74.9 Å². The highest BCUT2D eigenvalue weighted by molar-refractivity contribution is 6.02. The van der Waals surface area contributed by atoms with Crippen LogP contribution in [-0.2, 0) is 94.9 Å². The van der Waals surface area contributed by atoms with E-state index in [0.717, 1.165) is 19.4 Å². The SMILES string of the molecule is C.C.COCC1OC(OC2C(COC(C)=O)OC(OC3C(COC(=O)c4ccccc4C)OC(OC)C(C)C3O)C(C)C2OCC(C)OC(C)=O)C(OC(C)=O)C(OC(=O)c2ccccc2C(=O)O)C1OC1OC(COCC(C)OC(=O)c2ccccc2C)C(C)C(C)C1O. The van der Waals surface area contributed by atoms with Gasteiger partial charge >= 0.3 is 41.8 Å². The molecule has 0 aromatic heterocycles. The molecule has 0 bridgehead atoms. The summed E-state index contributed by atoms with van der Waals surface area (Å²) in [5, 5.41) is 34.3. The number of carbonyl (C=O) groups is 7. The van der Waals surface area contributed by atoms with Gasteiger partial charge in [-0.25, -0.2) is 19.2 Å². The number of ether oxygens (including phenoxy) is 17. The molecular weight excluding hydrogens is 1250 g/mol. The van der Waals surface area contributed by atoms with Crippen LogP contribution < -0.4 is 0 Å². The molecule has 4 saturated heterocycles. The molecule has 22 atom stereocenters. The molecule has 7 rings (SSSR count). The zero-order valence-electron chi connectivity index (χ0n) is 54.5. The largest absolute Gasteiger partial charge is 0.478 e. The smallest absolute Gasteiger partial charge is 0.339 e. The monoisotopic (exact) mass is 1340 g/mol. The van der Waals surface area contributed by atoms with Crippen LogP contribution >= 0.6 is 0 Å². The van der Waals surface area contributed by atoms with Crippen molar-refractivity contribution in [3.63, 3.8) is 0 Å². The van der Waals surface area contributed by atoms with Crippen LogP contribution in [0.2, 0.25) is 0 Å². The molecule has 4 heterocycles. The van der Waals surface area contributed by atoms with Gasteiger partial charge < -0.3 is 95.8 Å². The summed E-state index contributed by atoms with van der Waals surface area (Å²) in [6.45, 7) is 15.2. The number of aliphatic hydroxyl groups is 2. The van der Waals surface area contributed by atoms with Gasteiger partial charge in [-0.3, -0.25) is 14.4 Å². The normalized spacial score (nSPS) is 31.1. The minimum absolute atomic E-state index is 0. The van der Waals surface area contributed by atoms with Crippen molar-refractivity contribution < 1.29 is 129 Å². The lowest BCUT2D eigenvalue weighted by Crippen LogP contribution is -2.67. The van der Waals surface area contributed by atoms with E-state index in [1.165, 1.54) is 45.4 Å². The topological polar surface area (TPSA) is 337 Å². The Bertz CT molecular complexity index is 2990. The number of esters is 6. The quantitative estimate of drug-likeness (QED) is 0.0525. The molecule has 0 radical (unpaired) electrons. The predicted molar refractivity (Wildman–Crippen MR) is 334 cm³/mol. The molecule has 0 aliphatic carbocycles. The number of hydrogen-bond donors (Lipinski definition) is 3. The van der Waals surface area contributed by atoms with Crippen molar-refractivity contribution in [2.24, 2.45) is 23.7 Å². The Balaban J connectivity index is 0.00000817. The summed E-state index contributed by atoms with van der Waals surface area (Å²) in [6, 6.07) is 19.0. The van der Waals surface area contributed by atoms with E-state index in [0.29, 0.717) is 11.1 Å². The molecule has 4 aliphatic heterocycles. The van der Waals surface area contributed by atoms with Gasteiger partial charge in [-0.15, -0.1) is 0 Å². The first-order valence-electron chi connectivity index (χ1n) is 30.9. The second-order valence-corrected chi connectivity index (χ2v) is 23.9. The number of methoxy groups -OCH3 is 2. The van der Waals surface area contributed by atoms with Gasteiger partial charge in [0.05, 0.1) is 67.0 Å². The molecule has 3 aromatic carbocycles. The van der Waals surface area contributed by atoms with Crippen LogP contribution in [0, 0.1) is 37.5 Å². The third kappa shape index (κ3) is 20.5. The first-order valence-corrected chi connectivity index (χ1v) is 30.9. The van der Waals surface area contributed by atoms with Crippen molar-refractivity contribution >= 4 is 41.8 Å². The Labute approximate surface area is 554 Å². The molecule has 27 nitrogen and oxygen atoms in total. The fourth-order valence-electron chi connectivity index (χ4n) is 11.6. The van der Waals surface area contributed by atoms with Crippen LogP contribution in [0.15, 0.2) is 72.8 Å². The molecule has 4 aliphatic rings. The number of benzene rings is 3. The van der Waals surface area contributed by atoms with Crippen molar-refractivity contribution in [3.05, 3.63) is 106 Å². The van der Waals surface area contributed by atoms with E-state index in [9.17, 15) is 48.9 Å². The lowest BCUT2D eigenvalue weighted by atomic mass is 9.83. The van der Waals surface area contributed by atoms with Crippen LogP contribution in [-0.4, -0.2) is 222 Å². The minimum Gasteiger partial charge on any atom is -0.478 e. The van der Waals surface area contributed by atoms with Gasteiger partial charge in [0.15, 0.2) is 37.4 Å². The number of aryl methyl sites for hydroxylation is 2. The lowest BCUT2D eigenvalue weighted by molar-refractivity contribution is -0.383. The first-order chi connectivity index (χ1) is 44.2. The van der Waals surface area contributed by atoms with E-state index >= 15 is 0 Å². The molecule has 27 heteroatoms. The third-order valence-corrected chi connectivity index (χ3v) is 16.8. The van der Waals surface area contributed by atoms with Crippen molar-refractivity contribution in [3.8, 4) is 0 Å². The van der Waals surface area contributed by atoms with Crippen molar-refractivity contribution in [2.75, 3.05) is 53.9 Å². The second kappa shape index (κ2) is 36.7. The Morgan fingerprint density at radius 1 is 0.463 bits per heavy atom. The molecule has 0 amide bonds. The standard InChI is InChI=1S/C66H88O27.2CH4/c1-32-20-14-16-22-43(32)60(74)82-31-49-54(51(70)38(7)63(78-13)87-49)91-64-39(8)53(81-27-35(4)83-41(10)68)55(50(88-64)30-80-40(9)67)93-66-58(85-42(11)69)57(90-62(76)46-25-19-18-24-45(46)59(72)73)56(48(89-66)28-77-12)92-65-52(71)37(6)36(5)47(86-65)29-79-26-34(3)84-61(75)44-23-17-15-21-33(44)2;;/h14-25,34-39,47-58,63-66,70-71H,26-31H2,1-13H3,(H,72,73);2*1H4. The van der Waals surface area contributed by atoms with Gasteiger partial charge in [0.2, 0.25) is 0 Å². The van der Waals surface area contributed by atoms with E-state index < -0.39 is 201 Å². The highest BCUT2D eigenvalue weighted by Crippen LogP contribution is 2.41. The predicted octanol–water partition coefficient (Wildman–Crippen LogP) is 6.36. The molecule has 4 fully saturated rings. The average molecular weight is 1350 g/mol. The van der Waals surface area contributed by atoms with E-state index in [1.54, 1.807) is 97.0 Å². The molecule has 3 aromatic rings. The van der Waals surface area contributed by atoms with E-state index in [1.807, 2.05) is 6.92 Å². The first kappa shape index (κ1) is 79.1. The van der Waals surface area contributed by atoms with Crippen molar-refractivity contribution in [2.45, 2.75) is 202 Å². The van der Waals surface area contributed by atoms with Gasteiger partial charge in [0.1, 0.15) is 68.1 Å².